The number of hydrogen-bond donors (Lipinski definition) is 1. The Morgan fingerprint density at radius 1 is 1.10 bits per heavy atom. The summed E-state index contributed by atoms with van der Waals surface area (Å²) in [5.74, 6) is 0.634. The topological polar surface area (TPSA) is 51.7 Å². The SMILES string of the molecule is CN1CC2CCC1CN2c1ccc2c(C(=O)N[C@@H]3CN4CCC3CC4)nsc2c1. The highest BCUT2D eigenvalue weighted by molar-refractivity contribution is 7.13. The molecule has 7 heteroatoms. The van der Waals surface area contributed by atoms with Crippen LogP contribution < -0.4 is 10.2 Å². The normalized spacial score (nSPS) is 34.1. The number of carbonyl (C=O) groups excluding carboxylic acids is 1. The quantitative estimate of drug-likeness (QED) is 0.841. The summed E-state index contributed by atoms with van der Waals surface area (Å²) >= 11 is 1.46. The monoisotopic (exact) mass is 411 g/mol. The van der Waals surface area contributed by atoms with E-state index >= 15 is 0 Å². The fourth-order valence-electron chi connectivity index (χ4n) is 5.99. The number of likely N-dealkylation sites (N-methyl/N-ethyl adjacent to an activating group) is 1. The molecule has 0 aliphatic carbocycles. The van der Waals surface area contributed by atoms with Crippen LogP contribution in [0.25, 0.3) is 10.1 Å². The second-order valence-corrected chi connectivity index (χ2v) is 10.2. The lowest BCUT2D eigenvalue weighted by Gasteiger charge is -2.51. The molecule has 29 heavy (non-hydrogen) atoms. The molecule has 154 valence electrons. The summed E-state index contributed by atoms with van der Waals surface area (Å²) in [4.78, 5) is 20.5. The first-order valence-electron chi connectivity index (χ1n) is 11.1. The molecular formula is C22H29N5OS. The molecular weight excluding hydrogens is 382 g/mol. The van der Waals surface area contributed by atoms with Gasteiger partial charge >= 0.3 is 0 Å². The first kappa shape index (κ1) is 18.1. The first-order valence-corrected chi connectivity index (χ1v) is 11.8. The summed E-state index contributed by atoms with van der Waals surface area (Å²) in [5.41, 5.74) is 1.89. The molecule has 0 spiro atoms. The van der Waals surface area contributed by atoms with Crippen LogP contribution in [0.5, 0.6) is 0 Å². The van der Waals surface area contributed by atoms with Gasteiger partial charge in [-0.05, 0) is 81.5 Å². The Bertz CT molecular complexity index is 936. The number of nitrogens with zero attached hydrogens (tertiary/aromatic N) is 4. The zero-order chi connectivity index (χ0) is 19.5. The highest BCUT2D eigenvalue weighted by Gasteiger charge is 2.38. The van der Waals surface area contributed by atoms with Crippen molar-refractivity contribution in [2.45, 2.75) is 43.8 Å². The van der Waals surface area contributed by atoms with Crippen molar-refractivity contribution in [3.05, 3.63) is 23.9 Å². The van der Waals surface area contributed by atoms with Crippen molar-refractivity contribution in [1.29, 1.82) is 0 Å². The number of anilines is 1. The number of fused-ring (bicyclic) bond motifs is 7. The molecule has 2 unspecified atom stereocenters. The Labute approximate surface area is 176 Å². The molecule has 8 rings (SSSR count). The summed E-state index contributed by atoms with van der Waals surface area (Å²) in [5, 5.41) is 4.29. The van der Waals surface area contributed by atoms with Gasteiger partial charge in [0.1, 0.15) is 5.69 Å². The number of piperidine rings is 5. The molecule has 1 N–H and O–H groups in total. The van der Waals surface area contributed by atoms with Crippen molar-refractivity contribution in [2.24, 2.45) is 5.92 Å². The summed E-state index contributed by atoms with van der Waals surface area (Å²) in [6.45, 7) is 5.63. The second-order valence-electron chi connectivity index (χ2n) is 9.41. The van der Waals surface area contributed by atoms with Gasteiger partial charge in [-0.1, -0.05) is 0 Å². The van der Waals surface area contributed by atoms with Crippen molar-refractivity contribution in [1.82, 2.24) is 19.5 Å². The Balaban J connectivity index is 1.22. The Morgan fingerprint density at radius 2 is 1.93 bits per heavy atom. The minimum absolute atomic E-state index is 0.00130. The Morgan fingerprint density at radius 3 is 2.62 bits per heavy atom. The molecule has 6 saturated heterocycles. The van der Waals surface area contributed by atoms with E-state index in [2.05, 4.69) is 49.6 Å². The summed E-state index contributed by atoms with van der Waals surface area (Å²) in [6.07, 6.45) is 5.01. The van der Waals surface area contributed by atoms with Crippen LogP contribution in [0.2, 0.25) is 0 Å². The third-order valence-corrected chi connectivity index (χ3v) is 8.59. The molecule has 1 amide bonds. The van der Waals surface area contributed by atoms with Gasteiger partial charge in [0.25, 0.3) is 5.91 Å². The minimum atomic E-state index is 0.00130. The van der Waals surface area contributed by atoms with Gasteiger partial charge < -0.3 is 15.1 Å². The molecule has 6 fully saturated rings. The van der Waals surface area contributed by atoms with Crippen LogP contribution in [0.3, 0.4) is 0 Å². The number of hydrogen-bond acceptors (Lipinski definition) is 6. The molecule has 7 heterocycles. The molecule has 4 bridgehead atoms. The number of piperazine rings is 1. The van der Waals surface area contributed by atoms with Gasteiger partial charge in [-0.2, -0.15) is 4.37 Å². The molecule has 6 nitrogen and oxygen atoms in total. The maximum Gasteiger partial charge on any atom is 0.271 e. The molecule has 0 radical (unpaired) electrons. The predicted molar refractivity (Wildman–Crippen MR) is 117 cm³/mol. The minimum Gasteiger partial charge on any atom is -0.366 e. The van der Waals surface area contributed by atoms with E-state index in [1.165, 1.54) is 56.0 Å². The number of nitrogens with one attached hydrogen (secondary N) is 1. The summed E-state index contributed by atoms with van der Waals surface area (Å²) in [6, 6.07) is 8.11. The van der Waals surface area contributed by atoms with Crippen LogP contribution in [0.1, 0.15) is 36.2 Å². The van der Waals surface area contributed by atoms with E-state index in [0.717, 1.165) is 29.7 Å². The van der Waals surface area contributed by atoms with Crippen molar-refractivity contribution in [3.8, 4) is 0 Å². The molecule has 1 aromatic heterocycles. The molecule has 6 aliphatic heterocycles. The lowest BCUT2D eigenvalue weighted by Crippen LogP contribution is -2.61. The lowest BCUT2D eigenvalue weighted by molar-refractivity contribution is 0.0619. The lowest BCUT2D eigenvalue weighted by atomic mass is 9.84. The van der Waals surface area contributed by atoms with E-state index in [1.807, 2.05) is 0 Å². The third-order valence-electron chi connectivity index (χ3n) is 7.78. The molecule has 0 saturated carbocycles. The van der Waals surface area contributed by atoms with Crippen LogP contribution in [-0.2, 0) is 0 Å². The van der Waals surface area contributed by atoms with E-state index in [1.54, 1.807) is 0 Å². The largest absolute Gasteiger partial charge is 0.366 e. The van der Waals surface area contributed by atoms with E-state index in [0.29, 0.717) is 23.7 Å². The zero-order valence-corrected chi connectivity index (χ0v) is 17.8. The van der Waals surface area contributed by atoms with E-state index < -0.39 is 0 Å². The van der Waals surface area contributed by atoms with Crippen LogP contribution >= 0.6 is 11.5 Å². The van der Waals surface area contributed by atoms with Crippen LogP contribution in [0, 0.1) is 5.92 Å². The maximum atomic E-state index is 13.0. The van der Waals surface area contributed by atoms with Crippen molar-refractivity contribution in [2.75, 3.05) is 44.7 Å². The van der Waals surface area contributed by atoms with Gasteiger partial charge in [0, 0.05) is 48.8 Å². The number of rotatable bonds is 3. The van der Waals surface area contributed by atoms with Gasteiger partial charge in [-0.3, -0.25) is 9.69 Å². The van der Waals surface area contributed by atoms with Gasteiger partial charge in [0.05, 0.1) is 4.70 Å². The Kier molecular flexibility index (Phi) is 4.32. The highest BCUT2D eigenvalue weighted by atomic mass is 32.1. The molecule has 1 aromatic carbocycles. The van der Waals surface area contributed by atoms with E-state index in [9.17, 15) is 4.79 Å². The number of benzene rings is 1. The van der Waals surface area contributed by atoms with Crippen molar-refractivity contribution < 1.29 is 4.79 Å². The van der Waals surface area contributed by atoms with Crippen LogP contribution in [-0.4, -0.2) is 78.0 Å². The smallest absolute Gasteiger partial charge is 0.271 e. The molecule has 2 aromatic rings. The summed E-state index contributed by atoms with van der Waals surface area (Å²) in [7, 11) is 2.25. The van der Waals surface area contributed by atoms with Gasteiger partial charge in [-0.25, -0.2) is 0 Å². The maximum absolute atomic E-state index is 13.0. The number of amides is 1. The highest BCUT2D eigenvalue weighted by Crippen LogP contribution is 2.35. The second kappa shape index (κ2) is 6.93. The fourth-order valence-corrected chi connectivity index (χ4v) is 6.80. The number of carbonyl (C=O) groups is 1. The average molecular weight is 412 g/mol. The van der Waals surface area contributed by atoms with Gasteiger partial charge in [-0.15, -0.1) is 0 Å². The number of aromatic nitrogens is 1. The Hall–Kier alpha value is -1.70. The molecule has 3 atom stereocenters. The van der Waals surface area contributed by atoms with E-state index in [-0.39, 0.29) is 11.9 Å². The fraction of sp³-hybridized carbons (Fsp3) is 0.636. The van der Waals surface area contributed by atoms with Gasteiger partial charge in [0.15, 0.2) is 0 Å². The molecule has 6 aliphatic rings. The van der Waals surface area contributed by atoms with Gasteiger partial charge in [0.2, 0.25) is 0 Å². The van der Waals surface area contributed by atoms with Crippen molar-refractivity contribution >= 4 is 33.2 Å². The standard InChI is InChI=1S/C22H29N5OS/c1-25-11-17-3-2-16(25)12-27(17)15-4-5-18-20(10-15)29-24-21(18)22(28)23-19-13-26-8-6-14(19)7-9-26/h4-5,10,14,16-17,19H,2-3,6-9,11-13H2,1H3,(H,23,28)/t16?,17?,19-/m1/s1. The summed E-state index contributed by atoms with van der Waals surface area (Å²) < 4.78 is 5.68. The first-order chi connectivity index (χ1) is 14.2. The van der Waals surface area contributed by atoms with Crippen LogP contribution in [0.4, 0.5) is 5.69 Å². The van der Waals surface area contributed by atoms with Crippen LogP contribution in [0.15, 0.2) is 18.2 Å². The van der Waals surface area contributed by atoms with Crippen molar-refractivity contribution in [3.63, 3.8) is 0 Å². The van der Waals surface area contributed by atoms with E-state index in [4.69, 9.17) is 0 Å². The zero-order valence-electron chi connectivity index (χ0n) is 17.0. The average Bonchev–Trinajstić information content (AvgIpc) is 3.18. The third kappa shape index (κ3) is 3.05. The predicted octanol–water partition coefficient (Wildman–Crippen LogP) is 2.40.